The third-order valence-corrected chi connectivity index (χ3v) is 4.02. The van der Waals surface area contributed by atoms with Crippen LogP contribution < -0.4 is 0 Å². The number of aromatic nitrogens is 1. The van der Waals surface area contributed by atoms with Crippen molar-refractivity contribution in [1.29, 1.82) is 0 Å². The van der Waals surface area contributed by atoms with Crippen LogP contribution in [-0.2, 0) is 27.2 Å². The Bertz CT molecular complexity index is 422. The molecule has 0 aliphatic carbocycles. The number of thiazole rings is 1. The predicted octanol–water partition coefficient (Wildman–Crippen LogP) is 1.47. The van der Waals surface area contributed by atoms with Crippen LogP contribution in [0.25, 0.3) is 0 Å². The summed E-state index contributed by atoms with van der Waals surface area (Å²) in [6.07, 6.45) is 1.69. The van der Waals surface area contributed by atoms with Crippen molar-refractivity contribution in [2.45, 2.75) is 32.4 Å². The van der Waals surface area contributed by atoms with Crippen LogP contribution in [0, 0.1) is 0 Å². The summed E-state index contributed by atoms with van der Waals surface area (Å²) in [5, 5.41) is 3.29. The van der Waals surface area contributed by atoms with Gasteiger partial charge in [-0.2, -0.15) is 0 Å². The van der Waals surface area contributed by atoms with Crippen LogP contribution in [0.15, 0.2) is 5.38 Å². The standard InChI is InChI=1S/C13H20N2O3S/c1-3-4-12-14-10(9-19-12)7-15-5-6-18-11(8-15)13(16)17-2/h9,11H,3-8H2,1-2H3. The van der Waals surface area contributed by atoms with E-state index in [0.717, 1.165) is 31.6 Å². The maximum Gasteiger partial charge on any atom is 0.336 e. The lowest BCUT2D eigenvalue weighted by Crippen LogP contribution is -2.46. The lowest BCUT2D eigenvalue weighted by atomic mass is 10.2. The Labute approximate surface area is 117 Å². The second kappa shape index (κ2) is 6.98. The fraction of sp³-hybridized carbons (Fsp3) is 0.692. The van der Waals surface area contributed by atoms with Gasteiger partial charge in [0.1, 0.15) is 0 Å². The van der Waals surface area contributed by atoms with E-state index >= 15 is 0 Å². The minimum absolute atomic E-state index is 0.297. The molecule has 0 amide bonds. The molecule has 2 rings (SSSR count). The third-order valence-electron chi connectivity index (χ3n) is 3.06. The van der Waals surface area contributed by atoms with Crippen LogP contribution in [0.3, 0.4) is 0 Å². The number of rotatable bonds is 5. The first-order valence-electron chi connectivity index (χ1n) is 6.58. The van der Waals surface area contributed by atoms with Crippen LogP contribution >= 0.6 is 11.3 Å². The summed E-state index contributed by atoms with van der Waals surface area (Å²) in [6.45, 7) is 4.90. The largest absolute Gasteiger partial charge is 0.467 e. The fourth-order valence-electron chi connectivity index (χ4n) is 2.10. The maximum absolute atomic E-state index is 11.5. The molecule has 19 heavy (non-hydrogen) atoms. The summed E-state index contributed by atoms with van der Waals surface area (Å²) >= 11 is 1.71. The zero-order valence-electron chi connectivity index (χ0n) is 11.4. The van der Waals surface area contributed by atoms with Gasteiger partial charge in [0.15, 0.2) is 6.10 Å². The minimum Gasteiger partial charge on any atom is -0.467 e. The molecule has 1 aliphatic rings. The molecule has 0 aromatic carbocycles. The van der Waals surface area contributed by atoms with Crippen LogP contribution in [0.2, 0.25) is 0 Å². The highest BCUT2D eigenvalue weighted by Gasteiger charge is 2.27. The summed E-state index contributed by atoms with van der Waals surface area (Å²) < 4.78 is 10.1. The number of nitrogens with zero attached hydrogens (tertiary/aromatic N) is 2. The van der Waals surface area contributed by atoms with Gasteiger partial charge < -0.3 is 9.47 Å². The Morgan fingerprint density at radius 1 is 1.68 bits per heavy atom. The molecule has 0 bridgehead atoms. The lowest BCUT2D eigenvalue weighted by molar-refractivity contribution is -0.160. The number of hydrogen-bond acceptors (Lipinski definition) is 6. The molecule has 1 unspecified atom stereocenters. The molecule has 2 heterocycles. The molecule has 1 aromatic rings. The second-order valence-electron chi connectivity index (χ2n) is 4.60. The van der Waals surface area contributed by atoms with Gasteiger partial charge in [0, 0.05) is 25.0 Å². The van der Waals surface area contributed by atoms with Crippen LogP contribution in [0.1, 0.15) is 24.0 Å². The Morgan fingerprint density at radius 3 is 3.26 bits per heavy atom. The summed E-state index contributed by atoms with van der Waals surface area (Å²) in [4.78, 5) is 18.3. The second-order valence-corrected chi connectivity index (χ2v) is 5.54. The van der Waals surface area contributed by atoms with E-state index in [0.29, 0.717) is 13.2 Å². The first-order chi connectivity index (χ1) is 9.22. The summed E-state index contributed by atoms with van der Waals surface area (Å²) in [7, 11) is 1.39. The molecule has 5 nitrogen and oxygen atoms in total. The maximum atomic E-state index is 11.5. The van der Waals surface area contributed by atoms with E-state index in [1.54, 1.807) is 11.3 Å². The molecule has 1 aliphatic heterocycles. The highest BCUT2D eigenvalue weighted by Crippen LogP contribution is 2.15. The number of carbonyl (C=O) groups is 1. The van der Waals surface area contributed by atoms with Crippen molar-refractivity contribution in [2.75, 3.05) is 26.8 Å². The minimum atomic E-state index is -0.465. The average molecular weight is 284 g/mol. The summed E-state index contributed by atoms with van der Waals surface area (Å²) in [5.41, 5.74) is 1.08. The highest BCUT2D eigenvalue weighted by molar-refractivity contribution is 7.09. The smallest absolute Gasteiger partial charge is 0.336 e. The summed E-state index contributed by atoms with van der Waals surface area (Å²) in [6, 6.07) is 0. The van der Waals surface area contributed by atoms with E-state index in [9.17, 15) is 4.79 Å². The highest BCUT2D eigenvalue weighted by atomic mass is 32.1. The molecule has 0 saturated carbocycles. The van der Waals surface area contributed by atoms with Gasteiger partial charge in [-0.05, 0) is 12.8 Å². The van der Waals surface area contributed by atoms with E-state index in [-0.39, 0.29) is 5.97 Å². The van der Waals surface area contributed by atoms with Gasteiger partial charge in [-0.3, -0.25) is 4.90 Å². The molecule has 1 saturated heterocycles. The first-order valence-corrected chi connectivity index (χ1v) is 7.46. The van der Waals surface area contributed by atoms with Gasteiger partial charge in [-0.1, -0.05) is 6.92 Å². The van der Waals surface area contributed by atoms with Crippen molar-refractivity contribution in [3.63, 3.8) is 0 Å². The van der Waals surface area contributed by atoms with Crippen molar-refractivity contribution >= 4 is 17.3 Å². The van der Waals surface area contributed by atoms with E-state index in [2.05, 4.69) is 22.2 Å². The fourth-order valence-corrected chi connectivity index (χ4v) is 2.99. The monoisotopic (exact) mass is 284 g/mol. The Balaban J connectivity index is 1.89. The molecular weight excluding hydrogens is 264 g/mol. The van der Waals surface area contributed by atoms with Crippen molar-refractivity contribution in [1.82, 2.24) is 9.88 Å². The molecule has 0 spiro atoms. The summed E-state index contributed by atoms with van der Waals surface area (Å²) in [5.74, 6) is -0.297. The number of carbonyl (C=O) groups excluding carboxylic acids is 1. The zero-order valence-corrected chi connectivity index (χ0v) is 12.2. The molecule has 0 radical (unpaired) electrons. The Morgan fingerprint density at radius 2 is 2.53 bits per heavy atom. The normalized spacial score (nSPS) is 20.4. The van der Waals surface area contributed by atoms with Crippen molar-refractivity contribution < 1.29 is 14.3 Å². The topological polar surface area (TPSA) is 51.7 Å². The zero-order chi connectivity index (χ0) is 13.7. The third kappa shape index (κ3) is 3.99. The molecule has 0 N–H and O–H groups in total. The van der Waals surface area contributed by atoms with Gasteiger partial charge in [-0.15, -0.1) is 11.3 Å². The SMILES string of the molecule is CCCc1nc(CN2CCOC(C(=O)OC)C2)cs1. The Kier molecular flexibility index (Phi) is 5.30. The number of aryl methyl sites for hydroxylation is 1. The van der Waals surface area contributed by atoms with Gasteiger partial charge in [-0.25, -0.2) is 9.78 Å². The van der Waals surface area contributed by atoms with Crippen molar-refractivity contribution in [3.8, 4) is 0 Å². The number of methoxy groups -OCH3 is 1. The first kappa shape index (κ1) is 14.4. The van der Waals surface area contributed by atoms with E-state index in [4.69, 9.17) is 9.47 Å². The van der Waals surface area contributed by atoms with Crippen LogP contribution in [0.5, 0.6) is 0 Å². The number of esters is 1. The van der Waals surface area contributed by atoms with Crippen LogP contribution in [-0.4, -0.2) is 48.8 Å². The van der Waals surface area contributed by atoms with E-state index < -0.39 is 6.10 Å². The van der Waals surface area contributed by atoms with Gasteiger partial charge in [0.25, 0.3) is 0 Å². The molecule has 106 valence electrons. The van der Waals surface area contributed by atoms with E-state index in [1.165, 1.54) is 12.1 Å². The van der Waals surface area contributed by atoms with Crippen molar-refractivity contribution in [3.05, 3.63) is 16.1 Å². The number of hydrogen-bond donors (Lipinski definition) is 0. The molecule has 6 heteroatoms. The molecule has 1 atom stereocenters. The quantitative estimate of drug-likeness (QED) is 0.766. The molecular formula is C13H20N2O3S. The average Bonchev–Trinajstić information content (AvgIpc) is 2.86. The van der Waals surface area contributed by atoms with Gasteiger partial charge >= 0.3 is 5.97 Å². The van der Waals surface area contributed by atoms with E-state index in [1.807, 2.05) is 0 Å². The van der Waals surface area contributed by atoms with Gasteiger partial charge in [0.2, 0.25) is 0 Å². The Hall–Kier alpha value is -0.980. The van der Waals surface area contributed by atoms with Gasteiger partial charge in [0.05, 0.1) is 24.4 Å². The van der Waals surface area contributed by atoms with Crippen LogP contribution in [0.4, 0.5) is 0 Å². The predicted molar refractivity (Wildman–Crippen MR) is 73.1 cm³/mol. The lowest BCUT2D eigenvalue weighted by Gasteiger charge is -2.30. The molecule has 1 aromatic heterocycles. The number of ether oxygens (including phenoxy) is 2. The molecule has 1 fully saturated rings. The number of morpholine rings is 1. The van der Waals surface area contributed by atoms with Crippen molar-refractivity contribution in [2.24, 2.45) is 0 Å².